The van der Waals surface area contributed by atoms with Gasteiger partial charge in [-0.05, 0) is 99.0 Å². The summed E-state index contributed by atoms with van der Waals surface area (Å²) in [5, 5.41) is 64.8. The van der Waals surface area contributed by atoms with Crippen LogP contribution in [0.3, 0.4) is 0 Å². The summed E-state index contributed by atoms with van der Waals surface area (Å²) in [5.41, 5.74) is 11.2. The molecule has 10 heterocycles. The van der Waals surface area contributed by atoms with E-state index in [0.717, 1.165) is 61.3 Å². The molecule has 3 atom stereocenters. The lowest BCUT2D eigenvalue weighted by molar-refractivity contribution is 0.142. The van der Waals surface area contributed by atoms with Crippen LogP contribution in [-0.2, 0) is 33.4 Å². The second-order valence-electron chi connectivity index (χ2n) is 19.2. The molecule has 0 unspecified atom stereocenters. The molecule has 0 spiro atoms. The summed E-state index contributed by atoms with van der Waals surface area (Å²) >= 11 is 0. The van der Waals surface area contributed by atoms with Gasteiger partial charge in [0.2, 0.25) is 17.6 Å². The third-order valence-corrected chi connectivity index (χ3v) is 13.4. The predicted octanol–water partition coefficient (Wildman–Crippen LogP) is 5.37. The molecule has 0 saturated carbocycles. The molecular weight excluding hydrogens is 931 g/mol. The minimum atomic E-state index is -0.384. The maximum absolute atomic E-state index is 10.2. The van der Waals surface area contributed by atoms with Crippen molar-refractivity contribution in [2.45, 2.75) is 93.0 Å². The number of ether oxygens (including phenoxy) is 3. The number of fused-ring (bicyclic) bond motifs is 8. The summed E-state index contributed by atoms with van der Waals surface area (Å²) in [5.74, 6) is 1.57. The minimum Gasteiger partial charge on any atom is -0.476 e. The summed E-state index contributed by atoms with van der Waals surface area (Å²) < 4.78 is 29.0. The van der Waals surface area contributed by atoms with Crippen molar-refractivity contribution in [1.29, 1.82) is 5.26 Å². The van der Waals surface area contributed by atoms with Crippen LogP contribution >= 0.6 is 0 Å². The number of nitriles is 1. The molecule has 73 heavy (non-hydrogen) atoms. The van der Waals surface area contributed by atoms with E-state index in [2.05, 4.69) is 31.2 Å². The lowest BCUT2D eigenvalue weighted by atomic mass is 10.1. The standard InChI is InChI=1S/C51H61N17O5/c1-11-71-49-35-13-15-39-37-19-41(47-31(5)57-64(10)50(47)72-29(3)22-62(8)24-44(35)65(61-49)16-17-69)54-33(7)48(37)66(59-39)27-67-51-46(32(6)58-67)40-18-36-38(55-56-43(36)21-53-40)14-12-34-42(20-52)60-68(28(2)26-70)45(34)25-63(9)23-30(4)73-51/h12-15,18-19,21,28-30,69-70H,11,16-17,22-27H2,1-10H3,(H,55,56)/b14-12+,15-13+/t28-,29-,30-/m0/s1. The molecule has 0 amide bonds. The molecule has 2 aliphatic rings. The van der Waals surface area contributed by atoms with Crippen molar-refractivity contribution >= 4 is 46.1 Å². The molecule has 8 aromatic rings. The predicted molar refractivity (Wildman–Crippen MR) is 274 cm³/mol. The molecule has 22 nitrogen and oxygen atoms in total. The third kappa shape index (κ3) is 9.02. The maximum atomic E-state index is 10.2. The normalized spacial score (nSPS) is 17.9. The number of nitrogens with zero attached hydrogens (tertiary/aromatic N) is 16. The highest BCUT2D eigenvalue weighted by Gasteiger charge is 2.29. The smallest absolute Gasteiger partial charge is 0.240 e. The van der Waals surface area contributed by atoms with Crippen molar-refractivity contribution in [2.75, 3.05) is 47.0 Å². The van der Waals surface area contributed by atoms with Crippen LogP contribution in [0.25, 0.3) is 68.6 Å². The zero-order valence-corrected chi connectivity index (χ0v) is 42.9. The molecule has 0 aromatic carbocycles. The van der Waals surface area contributed by atoms with Gasteiger partial charge in [-0.15, -0.1) is 5.10 Å². The first-order chi connectivity index (χ1) is 35.2. The third-order valence-electron chi connectivity index (χ3n) is 13.4. The number of aromatic amines is 1. The number of pyridine rings is 2. The van der Waals surface area contributed by atoms with E-state index in [9.17, 15) is 15.5 Å². The summed E-state index contributed by atoms with van der Waals surface area (Å²) in [6, 6.07) is 5.92. The Morgan fingerprint density at radius 3 is 2.21 bits per heavy atom. The monoisotopic (exact) mass is 992 g/mol. The van der Waals surface area contributed by atoms with Gasteiger partial charge in [-0.1, -0.05) is 0 Å². The van der Waals surface area contributed by atoms with Crippen LogP contribution in [0.4, 0.5) is 0 Å². The van der Waals surface area contributed by atoms with Crippen LogP contribution in [0, 0.1) is 32.1 Å². The number of likely N-dealkylation sites (N-methyl/N-ethyl adjacent to an activating group) is 2. The molecule has 0 aliphatic carbocycles. The Labute approximate surface area is 421 Å². The molecule has 8 aromatic heterocycles. The van der Waals surface area contributed by atoms with Crippen molar-refractivity contribution < 1.29 is 24.4 Å². The molecule has 22 heteroatoms. The number of rotatable bonds is 8. The van der Waals surface area contributed by atoms with Crippen LogP contribution in [0.1, 0.15) is 90.4 Å². The first kappa shape index (κ1) is 48.9. The number of aromatic nitrogens is 14. The van der Waals surface area contributed by atoms with E-state index in [4.69, 9.17) is 44.6 Å². The number of nitrogens with one attached hydrogen (secondary N) is 1. The Balaban J connectivity index is 1.14. The van der Waals surface area contributed by atoms with E-state index in [0.29, 0.717) is 91.0 Å². The molecule has 4 bridgehead atoms. The van der Waals surface area contributed by atoms with Gasteiger partial charge >= 0.3 is 0 Å². The van der Waals surface area contributed by atoms with E-state index in [1.807, 2.05) is 120 Å². The van der Waals surface area contributed by atoms with Gasteiger partial charge in [0.15, 0.2) is 5.69 Å². The Hall–Kier alpha value is -7.71. The summed E-state index contributed by atoms with van der Waals surface area (Å²) in [6.07, 6.45) is 8.87. The highest BCUT2D eigenvalue weighted by Crippen LogP contribution is 2.39. The number of aliphatic hydroxyl groups excluding tert-OH is 2. The zero-order chi connectivity index (χ0) is 51.4. The van der Waals surface area contributed by atoms with Crippen LogP contribution in [0.2, 0.25) is 0 Å². The molecule has 0 fully saturated rings. The number of hydrogen-bond donors (Lipinski definition) is 3. The van der Waals surface area contributed by atoms with Gasteiger partial charge in [0, 0.05) is 49.6 Å². The van der Waals surface area contributed by atoms with Crippen LogP contribution in [-0.4, -0.2) is 148 Å². The van der Waals surface area contributed by atoms with E-state index >= 15 is 0 Å². The average molecular weight is 992 g/mol. The second-order valence-corrected chi connectivity index (χ2v) is 19.2. The summed E-state index contributed by atoms with van der Waals surface area (Å²) in [7, 11) is 5.91. The molecule has 10 rings (SSSR count). The summed E-state index contributed by atoms with van der Waals surface area (Å²) in [4.78, 5) is 14.5. The molecule has 2 aliphatic heterocycles. The Morgan fingerprint density at radius 1 is 0.795 bits per heavy atom. The first-order valence-corrected chi connectivity index (χ1v) is 24.5. The number of aryl methyl sites for hydroxylation is 4. The van der Waals surface area contributed by atoms with Crippen molar-refractivity contribution in [3.05, 3.63) is 75.0 Å². The van der Waals surface area contributed by atoms with Gasteiger partial charge in [0.1, 0.15) is 24.9 Å². The van der Waals surface area contributed by atoms with Crippen LogP contribution in [0.15, 0.2) is 18.3 Å². The van der Waals surface area contributed by atoms with Crippen LogP contribution in [0.5, 0.6) is 17.6 Å². The van der Waals surface area contributed by atoms with Gasteiger partial charge in [0.25, 0.3) is 0 Å². The Kier molecular flexibility index (Phi) is 13.2. The molecule has 380 valence electrons. The fourth-order valence-corrected chi connectivity index (χ4v) is 10.2. The van der Waals surface area contributed by atoms with Gasteiger partial charge in [-0.25, -0.2) is 14.0 Å². The Bertz CT molecular complexity index is 3490. The highest BCUT2D eigenvalue weighted by molar-refractivity contribution is 5.95. The zero-order valence-electron chi connectivity index (χ0n) is 42.9. The van der Waals surface area contributed by atoms with E-state index < -0.39 is 0 Å². The number of aliphatic hydroxyl groups is 2. The summed E-state index contributed by atoms with van der Waals surface area (Å²) in [6.45, 7) is 16.3. The first-order valence-electron chi connectivity index (χ1n) is 24.5. The average Bonchev–Trinajstić information content (AvgIpc) is 4.19. The fraction of sp³-hybridized carbons (Fsp3) is 0.431. The van der Waals surface area contributed by atoms with E-state index in [1.165, 1.54) is 0 Å². The molecule has 3 N–H and O–H groups in total. The maximum Gasteiger partial charge on any atom is 0.240 e. The Morgan fingerprint density at radius 2 is 1.48 bits per heavy atom. The van der Waals surface area contributed by atoms with Gasteiger partial charge in [0.05, 0.1) is 118 Å². The fourth-order valence-electron chi connectivity index (χ4n) is 10.2. The van der Waals surface area contributed by atoms with Gasteiger partial charge in [-0.2, -0.15) is 30.8 Å². The lowest BCUT2D eigenvalue weighted by Crippen LogP contribution is -2.32. The molecule has 0 radical (unpaired) electrons. The van der Waals surface area contributed by atoms with Crippen LogP contribution < -0.4 is 14.2 Å². The van der Waals surface area contributed by atoms with Gasteiger partial charge < -0.3 is 24.4 Å². The lowest BCUT2D eigenvalue weighted by Gasteiger charge is -2.24. The number of H-pyrrole nitrogens is 1. The van der Waals surface area contributed by atoms with E-state index in [-0.39, 0.29) is 43.8 Å². The molecular formula is C51H61N17O5. The number of hydrogen-bond acceptors (Lipinski definition) is 16. The quantitative estimate of drug-likeness (QED) is 0.173. The van der Waals surface area contributed by atoms with Crippen molar-refractivity contribution in [1.82, 2.24) is 78.9 Å². The highest BCUT2D eigenvalue weighted by atomic mass is 16.5. The SMILES string of the molecule is CCOc1nn(CCO)c2c1/C=C/c1nn(Cn3nc(C)c4c3O[C@@H](C)CN(C)Cc3c(c(C#N)nn3[C@@H](C)CO)/C=C/c3n[nH]c5cnc-4cc35)c3c(C)nc(cc13)-c1c(C)nn(C)c1O[C@@H](C)CN(C)C2. The largest absolute Gasteiger partial charge is 0.476 e. The molecule has 0 saturated heterocycles. The van der Waals surface area contributed by atoms with Crippen molar-refractivity contribution in [2.24, 2.45) is 7.05 Å². The van der Waals surface area contributed by atoms with Crippen molar-refractivity contribution in [3.8, 4) is 46.2 Å². The second kappa shape index (κ2) is 19.7. The topological polar surface area (TPSA) is 242 Å². The minimum absolute atomic E-state index is 0.0936. The van der Waals surface area contributed by atoms with Gasteiger partial charge in [-0.3, -0.25) is 34.2 Å². The van der Waals surface area contributed by atoms with Crippen molar-refractivity contribution in [3.63, 3.8) is 0 Å². The van der Waals surface area contributed by atoms with E-state index in [1.54, 1.807) is 15.6 Å².